The molecular formula is C29H27N5O4. The monoisotopic (exact) mass is 509 g/mol. The number of para-hydroxylation sites is 1. The van der Waals surface area contributed by atoms with Crippen molar-refractivity contribution < 1.29 is 19.5 Å². The molecule has 0 unspecified atom stereocenters. The summed E-state index contributed by atoms with van der Waals surface area (Å²) in [6.07, 6.45) is 4.48. The number of carbonyl (C=O) groups excluding carboxylic acids is 2. The highest BCUT2D eigenvalue weighted by Crippen LogP contribution is 2.20. The predicted molar refractivity (Wildman–Crippen MR) is 146 cm³/mol. The second-order valence-corrected chi connectivity index (χ2v) is 8.70. The van der Waals surface area contributed by atoms with Crippen LogP contribution in [0.2, 0.25) is 0 Å². The quantitative estimate of drug-likeness (QED) is 0.246. The van der Waals surface area contributed by atoms with Gasteiger partial charge < -0.3 is 20.6 Å². The van der Waals surface area contributed by atoms with E-state index in [-0.39, 0.29) is 11.8 Å². The lowest BCUT2D eigenvalue weighted by molar-refractivity contribution is -0.143. The lowest BCUT2D eigenvalue weighted by Gasteiger charge is -2.28. The molecule has 2 aromatic carbocycles. The lowest BCUT2D eigenvalue weighted by Crippen LogP contribution is -2.35. The van der Waals surface area contributed by atoms with Crippen molar-refractivity contribution in [2.24, 2.45) is 10.9 Å². The zero-order valence-corrected chi connectivity index (χ0v) is 20.8. The number of amides is 2. The number of anilines is 2. The molecule has 1 aromatic heterocycles. The van der Waals surface area contributed by atoms with Crippen LogP contribution in [-0.4, -0.2) is 52.2 Å². The lowest BCUT2D eigenvalue weighted by atomic mass is 9.98. The van der Waals surface area contributed by atoms with Crippen molar-refractivity contribution in [3.05, 3.63) is 83.6 Å². The Hall–Kier alpha value is -4.97. The van der Waals surface area contributed by atoms with E-state index >= 15 is 0 Å². The minimum absolute atomic E-state index is 0.294. The van der Waals surface area contributed by atoms with Crippen LogP contribution in [-0.2, 0) is 4.79 Å². The molecule has 0 spiro atoms. The number of aliphatic carboxylic acids is 1. The third kappa shape index (κ3) is 6.83. The van der Waals surface area contributed by atoms with E-state index in [1.807, 2.05) is 4.90 Å². The second kappa shape index (κ2) is 12.3. The summed E-state index contributed by atoms with van der Waals surface area (Å²) in [6.45, 7) is 3.02. The van der Waals surface area contributed by atoms with Gasteiger partial charge in [0.15, 0.2) is 0 Å². The van der Waals surface area contributed by atoms with Crippen LogP contribution in [0.5, 0.6) is 0 Å². The van der Waals surface area contributed by atoms with Gasteiger partial charge in [-0.15, -0.1) is 5.92 Å². The molecule has 2 heterocycles. The zero-order chi connectivity index (χ0) is 26.9. The molecule has 2 amide bonds. The summed E-state index contributed by atoms with van der Waals surface area (Å²) < 4.78 is 0. The average molecular weight is 510 g/mol. The van der Waals surface area contributed by atoms with E-state index in [1.54, 1.807) is 80.1 Å². The molecule has 9 heteroatoms. The van der Waals surface area contributed by atoms with Crippen LogP contribution in [0.4, 0.5) is 17.2 Å². The first kappa shape index (κ1) is 26.1. The number of nitrogens with zero attached hydrogens (tertiary/aromatic N) is 3. The van der Waals surface area contributed by atoms with E-state index in [2.05, 4.69) is 32.5 Å². The van der Waals surface area contributed by atoms with Gasteiger partial charge in [-0.25, -0.2) is 9.98 Å². The molecule has 0 atom stereocenters. The number of carboxylic acid groups (broad SMARTS) is 1. The van der Waals surface area contributed by atoms with Crippen LogP contribution in [0.15, 0.2) is 71.9 Å². The Labute approximate surface area is 220 Å². The molecule has 3 aromatic rings. The Morgan fingerprint density at radius 2 is 1.74 bits per heavy atom. The minimum Gasteiger partial charge on any atom is -0.481 e. The zero-order valence-electron chi connectivity index (χ0n) is 20.8. The number of nitrogens with one attached hydrogen (secondary N) is 2. The Morgan fingerprint density at radius 3 is 2.39 bits per heavy atom. The van der Waals surface area contributed by atoms with Crippen LogP contribution in [0, 0.1) is 17.8 Å². The normalized spacial score (nSPS) is 13.4. The largest absolute Gasteiger partial charge is 0.481 e. The maximum atomic E-state index is 12.9. The van der Waals surface area contributed by atoms with Crippen LogP contribution in [0.3, 0.4) is 0 Å². The molecule has 9 nitrogen and oxygen atoms in total. The predicted octanol–water partition coefficient (Wildman–Crippen LogP) is 4.41. The maximum Gasteiger partial charge on any atom is 0.306 e. The molecule has 1 fully saturated rings. The number of benzene rings is 2. The molecular weight excluding hydrogens is 482 g/mol. The van der Waals surface area contributed by atoms with Gasteiger partial charge in [0.05, 0.1) is 29.2 Å². The molecule has 38 heavy (non-hydrogen) atoms. The number of rotatable bonds is 7. The number of likely N-dealkylation sites (tertiary alicyclic amines) is 1. The van der Waals surface area contributed by atoms with Crippen LogP contribution >= 0.6 is 0 Å². The summed E-state index contributed by atoms with van der Waals surface area (Å²) >= 11 is 0. The van der Waals surface area contributed by atoms with Gasteiger partial charge in [0.1, 0.15) is 5.82 Å². The van der Waals surface area contributed by atoms with Crippen molar-refractivity contribution in [2.75, 3.05) is 23.7 Å². The van der Waals surface area contributed by atoms with Crippen molar-refractivity contribution in [1.82, 2.24) is 9.88 Å². The molecule has 3 N–H and O–H groups in total. The SMILES string of the molecule is CC#Cc1ccc(NC(=O)c2ccccc2NC(=O)c2ccc(N=CN3CCC(C(=O)O)CC3)cc2)nc1. The molecule has 0 radical (unpaired) electrons. The number of hydrogen-bond donors (Lipinski definition) is 3. The van der Waals surface area contributed by atoms with E-state index < -0.39 is 11.9 Å². The molecule has 0 saturated carbocycles. The molecule has 4 rings (SSSR count). The summed E-state index contributed by atoms with van der Waals surface area (Å²) in [5.41, 5.74) is 2.50. The Morgan fingerprint density at radius 1 is 1.00 bits per heavy atom. The van der Waals surface area contributed by atoms with Crippen molar-refractivity contribution >= 4 is 41.3 Å². The summed E-state index contributed by atoms with van der Waals surface area (Å²) in [6, 6.07) is 16.9. The highest BCUT2D eigenvalue weighted by atomic mass is 16.4. The van der Waals surface area contributed by atoms with Crippen LogP contribution < -0.4 is 10.6 Å². The van der Waals surface area contributed by atoms with E-state index in [0.29, 0.717) is 54.3 Å². The molecule has 1 aliphatic heterocycles. The van der Waals surface area contributed by atoms with E-state index in [1.165, 1.54) is 0 Å². The van der Waals surface area contributed by atoms with Gasteiger partial charge in [-0.1, -0.05) is 18.1 Å². The van der Waals surface area contributed by atoms with Crippen molar-refractivity contribution in [3.8, 4) is 11.8 Å². The number of aliphatic imine (C=N–C) groups is 1. The maximum absolute atomic E-state index is 12.9. The number of carboxylic acids is 1. The van der Waals surface area contributed by atoms with Gasteiger partial charge in [0, 0.05) is 30.4 Å². The van der Waals surface area contributed by atoms with E-state index in [4.69, 9.17) is 5.11 Å². The first-order valence-electron chi connectivity index (χ1n) is 12.1. The third-order valence-corrected chi connectivity index (χ3v) is 6.07. The van der Waals surface area contributed by atoms with Gasteiger partial charge in [0.25, 0.3) is 11.8 Å². The van der Waals surface area contributed by atoms with Gasteiger partial charge in [0.2, 0.25) is 0 Å². The second-order valence-electron chi connectivity index (χ2n) is 8.70. The van der Waals surface area contributed by atoms with Crippen LogP contribution in [0.1, 0.15) is 46.0 Å². The van der Waals surface area contributed by atoms with Gasteiger partial charge in [-0.05, 0) is 68.3 Å². The Balaban J connectivity index is 1.37. The standard InChI is InChI=1S/C29H27N5O4/c1-2-5-20-8-13-26(30-18-20)33-28(36)24-6-3-4-7-25(24)32-27(35)21-9-11-23(12-10-21)31-19-34-16-14-22(15-17-34)29(37)38/h3-4,6-13,18-19,22H,14-17H2,1H3,(H,32,35)(H,37,38)(H,30,33,36). The fourth-order valence-electron chi connectivity index (χ4n) is 3.96. The highest BCUT2D eigenvalue weighted by molar-refractivity contribution is 6.12. The van der Waals surface area contributed by atoms with Crippen molar-refractivity contribution in [3.63, 3.8) is 0 Å². The third-order valence-electron chi connectivity index (χ3n) is 6.07. The molecule has 192 valence electrons. The average Bonchev–Trinajstić information content (AvgIpc) is 2.94. The number of piperidine rings is 1. The molecule has 1 aliphatic rings. The van der Waals surface area contributed by atoms with Gasteiger partial charge in [-0.2, -0.15) is 0 Å². The molecule has 0 aliphatic carbocycles. The van der Waals surface area contributed by atoms with Gasteiger partial charge >= 0.3 is 5.97 Å². The summed E-state index contributed by atoms with van der Waals surface area (Å²) in [5.74, 6) is 4.26. The summed E-state index contributed by atoms with van der Waals surface area (Å²) in [7, 11) is 0. The first-order chi connectivity index (χ1) is 18.4. The van der Waals surface area contributed by atoms with E-state index in [0.717, 1.165) is 5.56 Å². The number of hydrogen-bond acceptors (Lipinski definition) is 5. The summed E-state index contributed by atoms with van der Waals surface area (Å²) in [4.78, 5) is 47.5. The Bertz CT molecular complexity index is 1400. The smallest absolute Gasteiger partial charge is 0.306 e. The Kier molecular flexibility index (Phi) is 8.46. The van der Waals surface area contributed by atoms with Crippen LogP contribution in [0.25, 0.3) is 0 Å². The number of aromatic nitrogens is 1. The highest BCUT2D eigenvalue weighted by Gasteiger charge is 2.23. The fourth-order valence-corrected chi connectivity index (χ4v) is 3.96. The number of carbonyl (C=O) groups is 3. The fraction of sp³-hybridized carbons (Fsp3) is 0.207. The van der Waals surface area contributed by atoms with Crippen molar-refractivity contribution in [1.29, 1.82) is 0 Å². The first-order valence-corrected chi connectivity index (χ1v) is 12.1. The van der Waals surface area contributed by atoms with E-state index in [9.17, 15) is 14.4 Å². The summed E-state index contributed by atoms with van der Waals surface area (Å²) in [5, 5.41) is 14.7. The van der Waals surface area contributed by atoms with Gasteiger partial charge in [-0.3, -0.25) is 14.4 Å². The molecule has 0 bridgehead atoms. The topological polar surface area (TPSA) is 124 Å². The molecule has 1 saturated heterocycles. The van der Waals surface area contributed by atoms with Crippen molar-refractivity contribution in [2.45, 2.75) is 19.8 Å². The minimum atomic E-state index is -0.747. The number of pyridine rings is 1.